The predicted molar refractivity (Wildman–Crippen MR) is 255 cm³/mol. The molecule has 2 aliphatic carbocycles. The molecular formula is C56H52F6O10. The van der Waals surface area contributed by atoms with Crippen LogP contribution in [0.3, 0.4) is 0 Å². The Kier molecular flexibility index (Phi) is 16.6. The van der Waals surface area contributed by atoms with Gasteiger partial charge in [0.05, 0.1) is 37.6 Å². The number of esters is 4. The van der Waals surface area contributed by atoms with Crippen LogP contribution in [-0.4, -0.2) is 50.3 Å². The summed E-state index contributed by atoms with van der Waals surface area (Å²) in [5, 5.41) is 0. The summed E-state index contributed by atoms with van der Waals surface area (Å²) >= 11 is 0. The highest BCUT2D eigenvalue weighted by molar-refractivity contribution is 5.95. The van der Waals surface area contributed by atoms with Gasteiger partial charge in [-0.05, 0) is 157 Å². The molecule has 0 saturated carbocycles. The van der Waals surface area contributed by atoms with E-state index in [0.29, 0.717) is 74.0 Å². The van der Waals surface area contributed by atoms with Crippen molar-refractivity contribution in [1.82, 2.24) is 0 Å². The smallest absolute Gasteiger partial charge is 0.420 e. The maximum absolute atomic E-state index is 14.8. The highest BCUT2D eigenvalue weighted by Crippen LogP contribution is 2.51. The SMILES string of the molecule is C=CC(=O)OCCCCCCOc1ccc2c(c1)C(C)c1cc(C(=O)Oc3ccc(OC(=O)c4ccc5c(c4)C(C)c4cc(OCCCCCCOC(=O)C=C)ccc4-5)c(C(F)(F)F)c3C(F)(F)F)ccc1-2. The standard InChI is InChI=1S/C56H52F6O10/c1-5-49(63)69-27-13-9-7-11-25-67-37-17-21-41-39-19-15-35(29-43(39)33(3)45(41)31-37)53(65)71-47-23-24-48(52(56(60,61)62)51(47)55(57,58)59)72-54(66)36-16-20-40-42-22-18-38(32-46(42)34(4)44(40)30-36)68-26-12-8-10-14-28-70-50(64)6-2/h5-6,15-24,29-34H,1-2,7-14,25-28H2,3-4H3. The molecule has 2 unspecified atom stereocenters. The summed E-state index contributed by atoms with van der Waals surface area (Å²) in [6, 6.07) is 20.8. The summed E-state index contributed by atoms with van der Waals surface area (Å²) < 4.78 is 121. The number of hydrogen-bond acceptors (Lipinski definition) is 10. The van der Waals surface area contributed by atoms with E-state index < -0.39 is 58.9 Å². The van der Waals surface area contributed by atoms with Gasteiger partial charge in [-0.3, -0.25) is 0 Å². The molecule has 0 radical (unpaired) electrons. The van der Waals surface area contributed by atoms with Crippen molar-refractivity contribution in [1.29, 1.82) is 0 Å². The Labute approximate surface area is 412 Å². The summed E-state index contributed by atoms with van der Waals surface area (Å²) in [6.07, 6.45) is -2.89. The van der Waals surface area contributed by atoms with Gasteiger partial charge in [-0.25, -0.2) is 19.2 Å². The monoisotopic (exact) mass is 998 g/mol. The second kappa shape index (κ2) is 22.8. The second-order valence-corrected chi connectivity index (χ2v) is 17.4. The fourth-order valence-corrected chi connectivity index (χ4v) is 8.96. The summed E-state index contributed by atoms with van der Waals surface area (Å²) in [5.41, 5.74) is 1.17. The molecule has 7 rings (SSSR count). The Bertz CT molecular complexity index is 2670. The van der Waals surface area contributed by atoms with E-state index in [-0.39, 0.29) is 23.0 Å². The molecule has 378 valence electrons. The lowest BCUT2D eigenvalue weighted by molar-refractivity contribution is -0.163. The number of unbranched alkanes of at least 4 members (excludes halogenated alkanes) is 6. The molecule has 16 heteroatoms. The molecule has 5 aromatic rings. The lowest BCUT2D eigenvalue weighted by atomic mass is 9.97. The minimum atomic E-state index is -5.72. The summed E-state index contributed by atoms with van der Waals surface area (Å²) in [7, 11) is 0. The maximum atomic E-state index is 14.8. The van der Waals surface area contributed by atoms with Crippen molar-refractivity contribution in [2.75, 3.05) is 26.4 Å². The molecule has 10 nitrogen and oxygen atoms in total. The molecule has 0 saturated heterocycles. The van der Waals surface area contributed by atoms with Gasteiger partial charge in [-0.1, -0.05) is 51.3 Å². The zero-order valence-corrected chi connectivity index (χ0v) is 39.6. The average molecular weight is 999 g/mol. The lowest BCUT2D eigenvalue weighted by Gasteiger charge is -2.21. The quantitative estimate of drug-likeness (QED) is 0.0218. The van der Waals surface area contributed by atoms with Gasteiger partial charge in [0.1, 0.15) is 34.1 Å². The normalized spacial score (nSPS) is 14.3. The van der Waals surface area contributed by atoms with E-state index in [2.05, 4.69) is 13.2 Å². The van der Waals surface area contributed by atoms with E-state index in [1.807, 2.05) is 38.1 Å². The van der Waals surface area contributed by atoms with E-state index in [1.54, 1.807) is 24.3 Å². The number of benzene rings is 5. The van der Waals surface area contributed by atoms with Crippen LogP contribution in [0.15, 0.2) is 110 Å². The molecule has 0 N–H and O–H groups in total. The first-order valence-electron chi connectivity index (χ1n) is 23.6. The fourth-order valence-electron chi connectivity index (χ4n) is 8.96. The molecular weight excluding hydrogens is 947 g/mol. The van der Waals surface area contributed by atoms with Crippen molar-refractivity contribution in [2.45, 2.75) is 89.4 Å². The summed E-state index contributed by atoms with van der Waals surface area (Å²) in [5.74, 6) is -5.81. The van der Waals surface area contributed by atoms with Crippen molar-refractivity contribution in [3.8, 4) is 45.3 Å². The number of carbonyl (C=O) groups excluding carboxylic acids is 4. The number of fused-ring (bicyclic) bond motifs is 6. The Balaban J connectivity index is 1.00. The highest BCUT2D eigenvalue weighted by Gasteiger charge is 2.49. The van der Waals surface area contributed by atoms with E-state index in [9.17, 15) is 45.5 Å². The number of alkyl halides is 6. The molecule has 0 aliphatic heterocycles. The third-order valence-electron chi connectivity index (χ3n) is 12.6. The number of halogens is 6. The topological polar surface area (TPSA) is 124 Å². The van der Waals surface area contributed by atoms with Gasteiger partial charge in [-0.2, -0.15) is 26.3 Å². The van der Waals surface area contributed by atoms with Crippen LogP contribution in [0, 0.1) is 0 Å². The van der Waals surface area contributed by atoms with E-state index >= 15 is 0 Å². The second-order valence-electron chi connectivity index (χ2n) is 17.4. The molecule has 2 atom stereocenters. The van der Waals surface area contributed by atoms with Crippen LogP contribution in [0.2, 0.25) is 0 Å². The minimum Gasteiger partial charge on any atom is -0.494 e. The first-order valence-corrected chi connectivity index (χ1v) is 23.6. The van der Waals surface area contributed by atoms with Gasteiger partial charge in [0.15, 0.2) is 0 Å². The zero-order chi connectivity index (χ0) is 51.7. The van der Waals surface area contributed by atoms with Crippen LogP contribution in [0.1, 0.15) is 131 Å². The first kappa shape index (κ1) is 52.5. The highest BCUT2D eigenvalue weighted by atomic mass is 19.4. The fraction of sp³-hybridized carbons (Fsp3) is 0.321. The molecule has 0 aromatic heterocycles. The molecule has 0 fully saturated rings. The Morgan fingerprint density at radius 2 is 0.806 bits per heavy atom. The van der Waals surface area contributed by atoms with Crippen molar-refractivity contribution in [3.05, 3.63) is 155 Å². The third-order valence-corrected chi connectivity index (χ3v) is 12.6. The summed E-state index contributed by atoms with van der Waals surface area (Å²) in [6.45, 7) is 12.0. The van der Waals surface area contributed by atoms with Gasteiger partial charge in [-0.15, -0.1) is 0 Å². The van der Waals surface area contributed by atoms with Crippen molar-refractivity contribution in [2.24, 2.45) is 0 Å². The van der Waals surface area contributed by atoms with Crippen molar-refractivity contribution >= 4 is 23.9 Å². The van der Waals surface area contributed by atoms with E-state index in [0.717, 1.165) is 84.1 Å². The molecule has 0 heterocycles. The Morgan fingerprint density at radius 3 is 1.15 bits per heavy atom. The molecule has 2 aliphatic rings. The van der Waals surface area contributed by atoms with Crippen molar-refractivity contribution < 1.29 is 73.9 Å². The number of carbonyl (C=O) groups is 4. The molecule has 72 heavy (non-hydrogen) atoms. The number of rotatable bonds is 22. The molecule has 0 bridgehead atoms. The molecule has 5 aromatic carbocycles. The lowest BCUT2D eigenvalue weighted by Crippen LogP contribution is -2.22. The number of hydrogen-bond donors (Lipinski definition) is 0. The van der Waals surface area contributed by atoms with Crippen LogP contribution in [0.4, 0.5) is 26.3 Å². The Hall–Kier alpha value is -7.36. The van der Waals surface area contributed by atoms with Crippen LogP contribution in [0.5, 0.6) is 23.0 Å². The van der Waals surface area contributed by atoms with E-state index in [1.165, 1.54) is 24.3 Å². The number of ether oxygens (including phenoxy) is 6. The van der Waals surface area contributed by atoms with Gasteiger partial charge in [0.2, 0.25) is 0 Å². The van der Waals surface area contributed by atoms with Crippen molar-refractivity contribution in [3.63, 3.8) is 0 Å². The third kappa shape index (κ3) is 12.2. The van der Waals surface area contributed by atoms with Gasteiger partial charge in [0, 0.05) is 24.0 Å². The zero-order valence-electron chi connectivity index (χ0n) is 39.6. The molecule has 0 amide bonds. The average Bonchev–Trinajstić information content (AvgIpc) is 3.79. The summed E-state index contributed by atoms with van der Waals surface area (Å²) in [4.78, 5) is 49.4. The van der Waals surface area contributed by atoms with Crippen LogP contribution < -0.4 is 18.9 Å². The van der Waals surface area contributed by atoms with Crippen LogP contribution >= 0.6 is 0 Å². The Morgan fingerprint density at radius 1 is 0.472 bits per heavy atom. The van der Waals surface area contributed by atoms with Crippen LogP contribution in [-0.2, 0) is 31.4 Å². The first-order chi connectivity index (χ1) is 34.4. The van der Waals surface area contributed by atoms with E-state index in [4.69, 9.17) is 28.4 Å². The maximum Gasteiger partial charge on any atom is 0.420 e. The molecule has 0 spiro atoms. The van der Waals surface area contributed by atoms with Gasteiger partial charge < -0.3 is 28.4 Å². The largest absolute Gasteiger partial charge is 0.494 e. The predicted octanol–water partition coefficient (Wildman–Crippen LogP) is 13.8. The van der Waals surface area contributed by atoms with Crippen LogP contribution in [0.25, 0.3) is 22.3 Å². The van der Waals surface area contributed by atoms with Gasteiger partial charge >= 0.3 is 36.2 Å². The van der Waals surface area contributed by atoms with Gasteiger partial charge in [0.25, 0.3) is 0 Å². The minimum absolute atomic E-state index is 0.202.